The summed E-state index contributed by atoms with van der Waals surface area (Å²) in [6.45, 7) is -1.82. The molecule has 2 heterocycles. The molecule has 7 nitrogen and oxygen atoms in total. The van der Waals surface area contributed by atoms with E-state index < -0.39 is 34.7 Å². The molecule has 31 heavy (non-hydrogen) atoms. The summed E-state index contributed by atoms with van der Waals surface area (Å²) in [5.41, 5.74) is 0. The zero-order chi connectivity index (χ0) is 23.3. The Hall–Kier alpha value is -1.54. The first-order valence-corrected chi connectivity index (χ1v) is 12.8. The largest absolute Gasteiger partial charge is 0.457 e. The number of alkyl halides is 5. The van der Waals surface area contributed by atoms with Crippen LogP contribution in [0.4, 0.5) is 22.0 Å². The molecule has 0 bridgehead atoms. The van der Waals surface area contributed by atoms with E-state index in [1.54, 1.807) is 0 Å². The van der Waals surface area contributed by atoms with Crippen molar-refractivity contribution in [2.75, 3.05) is 37.7 Å². The minimum Gasteiger partial charge on any atom is -0.457 e. The maximum atomic E-state index is 13.2. The van der Waals surface area contributed by atoms with E-state index in [4.69, 9.17) is 4.74 Å². The summed E-state index contributed by atoms with van der Waals surface area (Å²) in [5, 5.41) is 4.02. The van der Waals surface area contributed by atoms with Gasteiger partial charge in [-0.2, -0.15) is 31.6 Å². The molecular weight excluding hydrogens is 513 g/mol. The second kappa shape index (κ2) is 10.4. The first kappa shape index (κ1) is 25.7. The van der Waals surface area contributed by atoms with Crippen molar-refractivity contribution in [3.63, 3.8) is 0 Å². The molecule has 0 aliphatic rings. The van der Waals surface area contributed by atoms with Crippen molar-refractivity contribution < 1.29 is 31.4 Å². The lowest BCUT2D eigenvalue weighted by atomic mass is 10.3. The minimum atomic E-state index is -5.75. The predicted octanol–water partition coefficient (Wildman–Crippen LogP) is 4.52. The van der Waals surface area contributed by atoms with Crippen LogP contribution >= 0.6 is 26.0 Å². The number of rotatable bonds is 11. The van der Waals surface area contributed by atoms with E-state index in [-0.39, 0.29) is 18.4 Å². The van der Waals surface area contributed by atoms with Crippen LogP contribution in [0.5, 0.6) is 6.01 Å². The molecule has 0 amide bonds. The number of hydrogen-bond donors (Lipinski definition) is 0. The fourth-order valence-electron chi connectivity index (χ4n) is 2.17. The van der Waals surface area contributed by atoms with Crippen molar-refractivity contribution >= 4 is 26.0 Å². The lowest BCUT2D eigenvalue weighted by molar-refractivity contribution is -0.290. The Morgan fingerprint density at radius 1 is 1.03 bits per heavy atom. The average molecular weight is 536 g/mol. The smallest absolute Gasteiger partial charge is 0.456 e. The predicted molar refractivity (Wildman–Crippen MR) is 111 cm³/mol. The second-order valence-electron chi connectivity index (χ2n) is 7.47. The molecule has 2 rings (SSSR count). The van der Waals surface area contributed by atoms with Crippen LogP contribution in [0.25, 0.3) is 11.6 Å². The maximum absolute atomic E-state index is 13.2. The Morgan fingerprint density at radius 3 is 2.26 bits per heavy atom. The monoisotopic (exact) mass is 535 g/mol. The molecule has 0 aliphatic carbocycles. The maximum Gasteiger partial charge on any atom is 0.456 e. The Morgan fingerprint density at radius 2 is 1.68 bits per heavy atom. The minimum absolute atomic E-state index is 0.0440. The number of halogens is 6. The highest BCUT2D eigenvalue weighted by atomic mass is 79.9. The lowest BCUT2D eigenvalue weighted by Gasteiger charge is -2.24. The van der Waals surface area contributed by atoms with E-state index in [9.17, 15) is 22.0 Å². The number of ether oxygens (including phenoxy) is 2. The molecule has 0 N–H and O–H groups in total. The van der Waals surface area contributed by atoms with Crippen LogP contribution in [-0.4, -0.2) is 74.6 Å². The van der Waals surface area contributed by atoms with Gasteiger partial charge in [0.15, 0.2) is 12.4 Å². The highest BCUT2D eigenvalue weighted by Gasteiger charge is 2.58. The Bertz CT molecular complexity index is 843. The van der Waals surface area contributed by atoms with Gasteiger partial charge >= 0.3 is 18.1 Å². The standard InChI is InChI=1S/C17H23BrF5N5O2S/c1-31(2,3)7-5-4-6-29-11-28-15(30-10-16(19,20)17(21,22)23)26-14(27-28)13-24-8-12(18)9-25-13/h8-9H,4-7,10-11H2,1-3H3. The van der Waals surface area contributed by atoms with Gasteiger partial charge < -0.3 is 9.47 Å². The van der Waals surface area contributed by atoms with Gasteiger partial charge in [-0.05, 0) is 53.3 Å². The molecule has 0 radical (unpaired) electrons. The fraction of sp³-hybridized carbons (Fsp3) is 0.647. The summed E-state index contributed by atoms with van der Waals surface area (Å²) >= 11 is 3.17. The normalized spacial score (nSPS) is 13.5. The summed E-state index contributed by atoms with van der Waals surface area (Å²) in [6, 6.07) is -0.551. The van der Waals surface area contributed by atoms with E-state index in [0.717, 1.165) is 23.3 Å². The zero-order valence-electron chi connectivity index (χ0n) is 17.1. The highest BCUT2D eigenvalue weighted by molar-refractivity contribution is 9.10. The van der Waals surface area contributed by atoms with Gasteiger partial charge in [0, 0.05) is 19.0 Å². The molecule has 2 aromatic heterocycles. The lowest BCUT2D eigenvalue weighted by Crippen LogP contribution is -2.42. The van der Waals surface area contributed by atoms with E-state index >= 15 is 0 Å². The molecule has 14 heteroatoms. The van der Waals surface area contributed by atoms with Crippen LogP contribution in [0, 0.1) is 0 Å². The van der Waals surface area contributed by atoms with Crippen molar-refractivity contribution in [2.24, 2.45) is 0 Å². The highest BCUT2D eigenvalue weighted by Crippen LogP contribution is 2.36. The molecule has 0 saturated heterocycles. The van der Waals surface area contributed by atoms with Crippen LogP contribution in [0.15, 0.2) is 16.9 Å². The second-order valence-corrected chi connectivity index (χ2v) is 13.0. The van der Waals surface area contributed by atoms with Gasteiger partial charge in [0.2, 0.25) is 5.82 Å². The first-order valence-electron chi connectivity index (χ1n) is 9.02. The third-order valence-electron chi connectivity index (χ3n) is 3.76. The van der Waals surface area contributed by atoms with Crippen LogP contribution in [0.1, 0.15) is 12.8 Å². The van der Waals surface area contributed by atoms with Crippen molar-refractivity contribution in [1.29, 1.82) is 0 Å². The summed E-state index contributed by atoms with van der Waals surface area (Å²) in [5.74, 6) is -4.03. The molecule has 0 spiro atoms. The van der Waals surface area contributed by atoms with Gasteiger partial charge in [-0.1, -0.05) is 0 Å². The number of aromatic nitrogens is 5. The summed E-state index contributed by atoms with van der Waals surface area (Å²) in [6.07, 6.45) is 5.41. The Labute approximate surface area is 186 Å². The van der Waals surface area contributed by atoms with Crippen molar-refractivity contribution in [3.05, 3.63) is 16.9 Å². The molecular formula is C17H23BrF5N5O2S. The fourth-order valence-corrected chi connectivity index (χ4v) is 3.44. The zero-order valence-corrected chi connectivity index (χ0v) is 19.5. The molecule has 0 atom stereocenters. The van der Waals surface area contributed by atoms with Gasteiger partial charge in [-0.15, -0.1) is 5.10 Å². The van der Waals surface area contributed by atoms with E-state index in [0.29, 0.717) is 11.1 Å². The molecule has 0 unspecified atom stereocenters. The Kier molecular flexibility index (Phi) is 8.62. The van der Waals surface area contributed by atoms with Crippen molar-refractivity contribution in [3.8, 4) is 17.7 Å². The topological polar surface area (TPSA) is 75.0 Å². The molecule has 176 valence electrons. The quantitative estimate of drug-likeness (QED) is 0.311. The molecule has 0 saturated carbocycles. The van der Waals surface area contributed by atoms with E-state index in [1.165, 1.54) is 12.4 Å². The summed E-state index contributed by atoms with van der Waals surface area (Å²) in [4.78, 5) is 11.8. The molecule has 0 fully saturated rings. The third kappa shape index (κ3) is 8.15. The molecule has 2 aromatic rings. The van der Waals surface area contributed by atoms with Gasteiger partial charge in [0.1, 0.15) is 6.73 Å². The first-order chi connectivity index (χ1) is 14.3. The van der Waals surface area contributed by atoms with Gasteiger partial charge in [-0.25, -0.2) is 20.0 Å². The van der Waals surface area contributed by atoms with E-state index in [2.05, 4.69) is 59.5 Å². The number of nitrogens with zero attached hydrogens (tertiary/aromatic N) is 5. The molecule has 0 aromatic carbocycles. The van der Waals surface area contributed by atoms with Crippen LogP contribution in [0.3, 0.4) is 0 Å². The Balaban J connectivity index is 2.07. The average Bonchev–Trinajstić information content (AvgIpc) is 3.05. The summed E-state index contributed by atoms with van der Waals surface area (Å²) in [7, 11) is -0.617. The van der Waals surface area contributed by atoms with Gasteiger partial charge in [0.05, 0.1) is 4.47 Å². The number of hydrogen-bond acceptors (Lipinski definition) is 6. The van der Waals surface area contributed by atoms with Crippen LogP contribution in [0.2, 0.25) is 0 Å². The van der Waals surface area contributed by atoms with E-state index in [1.807, 2.05) is 0 Å². The third-order valence-corrected chi connectivity index (χ3v) is 5.69. The van der Waals surface area contributed by atoms with Gasteiger partial charge in [-0.3, -0.25) is 0 Å². The van der Waals surface area contributed by atoms with Crippen LogP contribution in [-0.2, 0) is 11.5 Å². The van der Waals surface area contributed by atoms with Crippen molar-refractivity contribution in [1.82, 2.24) is 24.7 Å². The van der Waals surface area contributed by atoms with Crippen molar-refractivity contribution in [2.45, 2.75) is 31.7 Å². The summed E-state index contributed by atoms with van der Waals surface area (Å²) < 4.78 is 75.4. The molecule has 0 aliphatic heterocycles. The van der Waals surface area contributed by atoms with Crippen LogP contribution < -0.4 is 4.74 Å². The SMILES string of the molecule is CS(C)(C)CCCCOCn1nc(-c2ncc(Br)cn2)nc1OCC(F)(F)C(F)(F)F. The number of unbranched alkanes of at least 4 members (excludes halogenated alkanes) is 1. The van der Waals surface area contributed by atoms with Gasteiger partial charge in [0.25, 0.3) is 0 Å².